The van der Waals surface area contributed by atoms with Crippen LogP contribution in [0.5, 0.6) is 0 Å². The number of ether oxygens (including phenoxy) is 1. The van der Waals surface area contributed by atoms with Gasteiger partial charge in [0.25, 0.3) is 0 Å². The van der Waals surface area contributed by atoms with Crippen molar-refractivity contribution in [2.75, 3.05) is 33.4 Å². The summed E-state index contributed by atoms with van der Waals surface area (Å²) < 4.78 is 5.38. The molecule has 1 aromatic heterocycles. The van der Waals surface area contributed by atoms with E-state index in [2.05, 4.69) is 9.88 Å². The minimum absolute atomic E-state index is 0.0904. The van der Waals surface area contributed by atoms with Crippen molar-refractivity contribution in [2.45, 2.75) is 38.0 Å². The molecule has 1 N–H and O–H groups in total. The summed E-state index contributed by atoms with van der Waals surface area (Å²) >= 11 is 1.56. The molecule has 2 heterocycles. The Hall–Kier alpha value is -1.28. The third kappa shape index (κ3) is 3.85. The molecule has 0 aromatic carbocycles. The Morgan fingerprint density at radius 3 is 2.88 bits per heavy atom. The lowest BCUT2D eigenvalue weighted by Crippen LogP contribution is -2.51. The smallest absolute Gasteiger partial charge is 0.246 e. The lowest BCUT2D eigenvalue weighted by atomic mass is 10.1. The maximum absolute atomic E-state index is 12.4. The van der Waals surface area contributed by atoms with Gasteiger partial charge in [-0.3, -0.25) is 9.69 Å². The Balaban J connectivity index is 1.59. The number of amides is 1. The van der Waals surface area contributed by atoms with Crippen LogP contribution in [0.3, 0.4) is 0 Å². The molecule has 7 heteroatoms. The van der Waals surface area contributed by atoms with Crippen molar-refractivity contribution in [1.29, 1.82) is 0 Å². The van der Waals surface area contributed by atoms with Gasteiger partial charge in [-0.1, -0.05) is 0 Å². The summed E-state index contributed by atoms with van der Waals surface area (Å²) in [5, 5.41) is 13.6. The fourth-order valence-electron chi connectivity index (χ4n) is 3.56. The fourth-order valence-corrected chi connectivity index (χ4v) is 4.14. The predicted molar refractivity (Wildman–Crippen MR) is 93.9 cm³/mol. The second-order valence-corrected chi connectivity index (χ2v) is 7.49. The van der Waals surface area contributed by atoms with Gasteiger partial charge >= 0.3 is 0 Å². The molecule has 2 aliphatic rings. The largest absolute Gasteiger partial charge is 0.389 e. The Labute approximate surface area is 146 Å². The van der Waals surface area contributed by atoms with E-state index in [1.165, 1.54) is 0 Å². The third-order valence-electron chi connectivity index (χ3n) is 4.94. The van der Waals surface area contributed by atoms with Gasteiger partial charge in [-0.2, -0.15) is 0 Å². The first-order valence-corrected chi connectivity index (χ1v) is 9.31. The molecule has 1 aliphatic heterocycles. The van der Waals surface area contributed by atoms with E-state index in [0.717, 1.165) is 49.8 Å². The van der Waals surface area contributed by atoms with E-state index in [0.29, 0.717) is 0 Å². The lowest BCUT2D eigenvalue weighted by molar-refractivity contribution is -0.129. The first-order valence-electron chi connectivity index (χ1n) is 8.43. The van der Waals surface area contributed by atoms with Crippen molar-refractivity contribution in [1.82, 2.24) is 14.8 Å². The van der Waals surface area contributed by atoms with E-state index < -0.39 is 6.10 Å². The van der Waals surface area contributed by atoms with Crippen molar-refractivity contribution < 1.29 is 14.6 Å². The van der Waals surface area contributed by atoms with Gasteiger partial charge < -0.3 is 14.7 Å². The van der Waals surface area contributed by atoms with Crippen LogP contribution in [0.1, 0.15) is 23.5 Å². The molecule has 3 atom stereocenters. The van der Waals surface area contributed by atoms with Gasteiger partial charge in [-0.15, -0.1) is 11.3 Å². The van der Waals surface area contributed by atoms with Crippen molar-refractivity contribution >= 4 is 23.3 Å². The number of morpholine rings is 1. The minimum atomic E-state index is -0.507. The SMILES string of the molecule is Cc1nc(/C=C/C(=O)N(C)[C@@H]2CC[C@@H](N3CCOCC3)[C@@H]2O)cs1. The maximum atomic E-state index is 12.4. The van der Waals surface area contributed by atoms with Crippen LogP contribution in [0.4, 0.5) is 0 Å². The molecule has 1 aromatic rings. The Bertz CT molecular complexity index is 598. The molecule has 0 bridgehead atoms. The molecule has 2 fully saturated rings. The third-order valence-corrected chi connectivity index (χ3v) is 5.73. The highest BCUT2D eigenvalue weighted by Gasteiger charge is 2.41. The van der Waals surface area contributed by atoms with Crippen LogP contribution >= 0.6 is 11.3 Å². The molecule has 0 spiro atoms. The average molecular weight is 351 g/mol. The van der Waals surface area contributed by atoms with Crippen molar-refractivity contribution in [3.8, 4) is 0 Å². The zero-order valence-corrected chi connectivity index (χ0v) is 15.0. The van der Waals surface area contributed by atoms with Crippen LogP contribution < -0.4 is 0 Å². The van der Waals surface area contributed by atoms with Crippen LogP contribution in [0.15, 0.2) is 11.5 Å². The zero-order chi connectivity index (χ0) is 17.1. The van der Waals surface area contributed by atoms with Gasteiger partial charge in [0.2, 0.25) is 5.91 Å². The quantitative estimate of drug-likeness (QED) is 0.825. The number of carbonyl (C=O) groups is 1. The van der Waals surface area contributed by atoms with E-state index in [4.69, 9.17) is 4.74 Å². The summed E-state index contributed by atoms with van der Waals surface area (Å²) in [5.41, 5.74) is 0.803. The lowest BCUT2D eigenvalue weighted by Gasteiger charge is -2.36. The topological polar surface area (TPSA) is 65.9 Å². The minimum Gasteiger partial charge on any atom is -0.389 e. The summed E-state index contributed by atoms with van der Waals surface area (Å²) in [6, 6.07) is -0.00788. The van der Waals surface area contributed by atoms with Gasteiger partial charge in [0.1, 0.15) is 0 Å². The summed E-state index contributed by atoms with van der Waals surface area (Å²) in [4.78, 5) is 20.7. The van der Waals surface area contributed by atoms with Crippen LogP contribution in [0.25, 0.3) is 6.08 Å². The van der Waals surface area contributed by atoms with E-state index >= 15 is 0 Å². The number of aromatic nitrogens is 1. The van der Waals surface area contributed by atoms with Gasteiger partial charge in [-0.25, -0.2) is 4.98 Å². The molecule has 1 aliphatic carbocycles. The first-order chi connectivity index (χ1) is 11.6. The zero-order valence-electron chi connectivity index (χ0n) is 14.2. The number of thiazole rings is 1. The normalized spacial score (nSPS) is 28.5. The molecular weight excluding hydrogens is 326 g/mol. The van der Waals surface area contributed by atoms with Gasteiger partial charge in [0.15, 0.2) is 0 Å². The molecule has 0 radical (unpaired) electrons. The average Bonchev–Trinajstić information content (AvgIpc) is 3.18. The van der Waals surface area contributed by atoms with Crippen LogP contribution in [-0.4, -0.2) is 77.3 Å². The highest BCUT2D eigenvalue weighted by atomic mass is 32.1. The van der Waals surface area contributed by atoms with E-state index in [-0.39, 0.29) is 18.0 Å². The number of hydrogen-bond acceptors (Lipinski definition) is 6. The molecule has 3 rings (SSSR count). The number of likely N-dealkylation sites (N-methyl/N-ethyl adjacent to an activating group) is 1. The summed E-state index contributed by atoms with van der Waals surface area (Å²) in [5.74, 6) is -0.0904. The highest BCUT2D eigenvalue weighted by Crippen LogP contribution is 2.28. The second-order valence-electron chi connectivity index (χ2n) is 6.42. The fraction of sp³-hybridized carbons (Fsp3) is 0.647. The predicted octanol–water partition coefficient (Wildman–Crippen LogP) is 1.15. The number of aryl methyl sites for hydroxylation is 1. The monoisotopic (exact) mass is 351 g/mol. The summed E-state index contributed by atoms with van der Waals surface area (Å²) in [7, 11) is 1.77. The molecule has 1 saturated heterocycles. The number of hydrogen-bond donors (Lipinski definition) is 1. The molecule has 6 nitrogen and oxygen atoms in total. The van der Waals surface area contributed by atoms with Crippen LogP contribution in [-0.2, 0) is 9.53 Å². The van der Waals surface area contributed by atoms with E-state index in [1.807, 2.05) is 12.3 Å². The van der Waals surface area contributed by atoms with E-state index in [9.17, 15) is 9.90 Å². The Morgan fingerprint density at radius 2 is 2.21 bits per heavy atom. The summed E-state index contributed by atoms with van der Waals surface area (Å²) in [6.07, 6.45) is 4.52. The van der Waals surface area contributed by atoms with Crippen molar-refractivity contribution in [3.05, 3.63) is 22.2 Å². The van der Waals surface area contributed by atoms with E-state index in [1.54, 1.807) is 35.4 Å². The van der Waals surface area contributed by atoms with Gasteiger partial charge in [0.05, 0.1) is 36.1 Å². The molecule has 0 unspecified atom stereocenters. The number of aliphatic hydroxyl groups excluding tert-OH is 1. The van der Waals surface area contributed by atoms with Crippen molar-refractivity contribution in [3.63, 3.8) is 0 Å². The highest BCUT2D eigenvalue weighted by molar-refractivity contribution is 7.09. The van der Waals surface area contributed by atoms with Gasteiger partial charge in [0, 0.05) is 37.6 Å². The molecule has 24 heavy (non-hydrogen) atoms. The maximum Gasteiger partial charge on any atom is 0.246 e. The van der Waals surface area contributed by atoms with Crippen molar-refractivity contribution in [2.24, 2.45) is 0 Å². The number of carbonyl (C=O) groups excluding carboxylic acids is 1. The summed E-state index contributed by atoms with van der Waals surface area (Å²) in [6.45, 7) is 5.10. The Kier molecular flexibility index (Phi) is 5.65. The number of nitrogens with zero attached hydrogens (tertiary/aromatic N) is 3. The van der Waals surface area contributed by atoms with Crippen LogP contribution in [0.2, 0.25) is 0 Å². The molecule has 1 amide bonds. The molecule has 1 saturated carbocycles. The second kappa shape index (κ2) is 7.74. The Morgan fingerprint density at radius 1 is 1.46 bits per heavy atom. The van der Waals surface area contributed by atoms with Crippen LogP contribution in [0, 0.1) is 6.92 Å². The number of rotatable bonds is 4. The first kappa shape index (κ1) is 17.5. The molecular formula is C17H25N3O3S. The number of aliphatic hydroxyl groups is 1. The molecule has 132 valence electrons. The standard InChI is InChI=1S/C17H25N3O3S/c1-12-18-13(11-24-12)3-6-16(21)19(2)14-4-5-15(17(14)22)20-7-9-23-10-8-20/h3,6,11,14-15,17,22H,4-5,7-10H2,1-2H3/b6-3+/t14-,15-,17-/m1/s1. The van der Waals surface area contributed by atoms with Gasteiger partial charge in [-0.05, 0) is 25.8 Å².